The van der Waals surface area contributed by atoms with Gasteiger partial charge in [-0.1, -0.05) is 31.5 Å². The van der Waals surface area contributed by atoms with Crippen LogP contribution in [-0.2, 0) is 6.54 Å². The molecule has 1 N–H and O–H groups in total. The van der Waals surface area contributed by atoms with Crippen LogP contribution in [0.4, 0.5) is 5.69 Å². The first-order valence-corrected chi connectivity index (χ1v) is 7.70. The highest BCUT2D eigenvalue weighted by Crippen LogP contribution is 2.39. The molecule has 2 rings (SSSR count). The maximum atomic E-state index is 6.16. The summed E-state index contributed by atoms with van der Waals surface area (Å²) in [6.07, 6.45) is 2.53. The average Bonchev–Trinajstić information content (AvgIpc) is 3.06. The second kappa shape index (κ2) is 6.62. The quantitative estimate of drug-likeness (QED) is 0.761. The third kappa shape index (κ3) is 4.12. The van der Waals surface area contributed by atoms with Gasteiger partial charge in [-0.25, -0.2) is 0 Å². The lowest BCUT2D eigenvalue weighted by molar-refractivity contribution is 0.670. The smallest absolute Gasteiger partial charge is 0.0426 e. The molecule has 0 spiro atoms. The van der Waals surface area contributed by atoms with Crippen LogP contribution in [0.5, 0.6) is 0 Å². The number of hydrogen-bond acceptors (Lipinski definition) is 2. The Bertz CT molecular complexity index is 419. The summed E-state index contributed by atoms with van der Waals surface area (Å²) in [7, 11) is 2.18. The van der Waals surface area contributed by atoms with E-state index in [2.05, 4.69) is 43.2 Å². The van der Waals surface area contributed by atoms with Crippen LogP contribution in [0.25, 0.3) is 0 Å². The topological polar surface area (TPSA) is 15.3 Å². The van der Waals surface area contributed by atoms with E-state index in [-0.39, 0.29) is 0 Å². The molecule has 0 radical (unpaired) electrons. The molecular formula is C16H25ClN2. The molecule has 1 aromatic rings. The minimum absolute atomic E-state index is 0.824. The maximum absolute atomic E-state index is 6.16. The van der Waals surface area contributed by atoms with E-state index in [1.54, 1.807) is 0 Å². The van der Waals surface area contributed by atoms with Gasteiger partial charge in [-0.05, 0) is 48.9 Å². The SMILES string of the molecule is CCCNCc1ccc(Cl)cc1N(C)CC1CC1C. The van der Waals surface area contributed by atoms with E-state index in [0.717, 1.165) is 36.5 Å². The molecule has 0 bridgehead atoms. The van der Waals surface area contributed by atoms with Gasteiger partial charge in [-0.15, -0.1) is 0 Å². The summed E-state index contributed by atoms with van der Waals surface area (Å²) in [6, 6.07) is 6.23. The Kier molecular flexibility index (Phi) is 5.12. The van der Waals surface area contributed by atoms with Crippen molar-refractivity contribution >= 4 is 17.3 Å². The lowest BCUT2D eigenvalue weighted by Gasteiger charge is -2.23. The number of hydrogen-bond donors (Lipinski definition) is 1. The molecule has 0 aromatic heterocycles. The van der Waals surface area contributed by atoms with Gasteiger partial charge in [-0.2, -0.15) is 0 Å². The highest BCUT2D eigenvalue weighted by molar-refractivity contribution is 6.30. The Hall–Kier alpha value is -0.730. The fourth-order valence-electron chi connectivity index (χ4n) is 2.55. The summed E-state index contributed by atoms with van der Waals surface area (Å²) in [5.74, 6) is 1.75. The maximum Gasteiger partial charge on any atom is 0.0426 e. The van der Waals surface area contributed by atoms with Crippen LogP contribution in [-0.4, -0.2) is 20.1 Å². The van der Waals surface area contributed by atoms with Crippen molar-refractivity contribution in [2.45, 2.75) is 33.2 Å². The zero-order chi connectivity index (χ0) is 13.8. The predicted molar refractivity (Wildman–Crippen MR) is 84.0 cm³/mol. The Balaban J connectivity index is 2.04. The van der Waals surface area contributed by atoms with Gasteiger partial charge in [0.1, 0.15) is 0 Å². The normalized spacial score (nSPS) is 21.5. The van der Waals surface area contributed by atoms with Crippen molar-refractivity contribution in [2.75, 3.05) is 25.0 Å². The van der Waals surface area contributed by atoms with E-state index in [0.29, 0.717) is 0 Å². The molecular weight excluding hydrogens is 256 g/mol. The van der Waals surface area contributed by atoms with Crippen LogP contribution < -0.4 is 10.2 Å². The molecule has 2 unspecified atom stereocenters. The van der Waals surface area contributed by atoms with Crippen molar-refractivity contribution in [3.63, 3.8) is 0 Å². The van der Waals surface area contributed by atoms with Crippen molar-refractivity contribution in [3.05, 3.63) is 28.8 Å². The lowest BCUT2D eigenvalue weighted by atomic mass is 10.1. The Morgan fingerprint density at radius 1 is 1.42 bits per heavy atom. The van der Waals surface area contributed by atoms with Crippen LogP contribution >= 0.6 is 11.6 Å². The van der Waals surface area contributed by atoms with E-state index >= 15 is 0 Å². The van der Waals surface area contributed by atoms with Gasteiger partial charge in [0.15, 0.2) is 0 Å². The first-order valence-electron chi connectivity index (χ1n) is 7.32. The number of nitrogens with zero attached hydrogens (tertiary/aromatic N) is 1. The van der Waals surface area contributed by atoms with Crippen molar-refractivity contribution in [1.82, 2.24) is 5.32 Å². The number of rotatable bonds is 7. The van der Waals surface area contributed by atoms with Gasteiger partial charge in [0, 0.05) is 30.8 Å². The van der Waals surface area contributed by atoms with E-state index in [1.165, 1.54) is 24.1 Å². The fraction of sp³-hybridized carbons (Fsp3) is 0.625. The van der Waals surface area contributed by atoms with Crippen molar-refractivity contribution in [3.8, 4) is 0 Å². The summed E-state index contributed by atoms with van der Waals surface area (Å²) in [5, 5.41) is 4.30. The third-order valence-corrected chi connectivity index (χ3v) is 4.22. The Labute approximate surface area is 122 Å². The highest BCUT2D eigenvalue weighted by atomic mass is 35.5. The molecule has 1 aromatic carbocycles. The largest absolute Gasteiger partial charge is 0.374 e. The second-order valence-corrected chi connectivity index (χ2v) is 6.24. The summed E-state index contributed by atoms with van der Waals surface area (Å²) < 4.78 is 0. The summed E-state index contributed by atoms with van der Waals surface area (Å²) >= 11 is 6.16. The summed E-state index contributed by atoms with van der Waals surface area (Å²) in [4.78, 5) is 2.36. The first kappa shape index (κ1) is 14.7. The molecule has 1 fully saturated rings. The van der Waals surface area contributed by atoms with Crippen LogP contribution in [0.2, 0.25) is 5.02 Å². The molecule has 0 amide bonds. The molecule has 3 heteroatoms. The van der Waals surface area contributed by atoms with Crippen molar-refractivity contribution in [1.29, 1.82) is 0 Å². The molecule has 0 heterocycles. The lowest BCUT2D eigenvalue weighted by Crippen LogP contribution is -2.23. The van der Waals surface area contributed by atoms with Gasteiger partial charge < -0.3 is 10.2 Å². The van der Waals surface area contributed by atoms with Crippen LogP contribution in [0.3, 0.4) is 0 Å². The van der Waals surface area contributed by atoms with Crippen LogP contribution in [0.1, 0.15) is 32.3 Å². The van der Waals surface area contributed by atoms with Gasteiger partial charge in [-0.3, -0.25) is 0 Å². The molecule has 19 heavy (non-hydrogen) atoms. The van der Waals surface area contributed by atoms with Gasteiger partial charge >= 0.3 is 0 Å². The van der Waals surface area contributed by atoms with Gasteiger partial charge in [0.25, 0.3) is 0 Å². The van der Waals surface area contributed by atoms with E-state index in [4.69, 9.17) is 11.6 Å². The fourth-order valence-corrected chi connectivity index (χ4v) is 2.71. The molecule has 1 aliphatic rings. The number of nitrogens with one attached hydrogen (secondary N) is 1. The summed E-state index contributed by atoms with van der Waals surface area (Å²) in [6.45, 7) is 7.65. The standard InChI is InChI=1S/C16H25ClN2/c1-4-7-18-10-13-5-6-15(17)9-16(13)19(3)11-14-8-12(14)2/h5-6,9,12,14,18H,4,7-8,10-11H2,1-3H3. The highest BCUT2D eigenvalue weighted by Gasteiger charge is 2.33. The zero-order valence-corrected chi connectivity index (χ0v) is 13.0. The molecule has 0 aliphatic heterocycles. The monoisotopic (exact) mass is 280 g/mol. The molecule has 0 saturated heterocycles. The van der Waals surface area contributed by atoms with Crippen LogP contribution in [0.15, 0.2) is 18.2 Å². The minimum Gasteiger partial charge on any atom is -0.374 e. The predicted octanol–water partition coefficient (Wildman–Crippen LogP) is 3.93. The molecule has 106 valence electrons. The molecule has 2 nitrogen and oxygen atoms in total. The molecule has 1 saturated carbocycles. The van der Waals surface area contributed by atoms with Crippen molar-refractivity contribution in [2.24, 2.45) is 11.8 Å². The van der Waals surface area contributed by atoms with Gasteiger partial charge in [0.05, 0.1) is 0 Å². The minimum atomic E-state index is 0.824. The van der Waals surface area contributed by atoms with Crippen molar-refractivity contribution < 1.29 is 0 Å². The number of anilines is 1. The van der Waals surface area contributed by atoms with E-state index in [9.17, 15) is 0 Å². The van der Waals surface area contributed by atoms with Gasteiger partial charge in [0.2, 0.25) is 0 Å². The number of benzene rings is 1. The molecule has 1 aliphatic carbocycles. The third-order valence-electron chi connectivity index (χ3n) is 3.99. The molecule has 2 atom stereocenters. The number of halogens is 1. The second-order valence-electron chi connectivity index (χ2n) is 5.80. The first-order chi connectivity index (χ1) is 9.11. The van der Waals surface area contributed by atoms with E-state index in [1.807, 2.05) is 6.07 Å². The zero-order valence-electron chi connectivity index (χ0n) is 12.2. The Morgan fingerprint density at radius 2 is 2.16 bits per heavy atom. The Morgan fingerprint density at radius 3 is 2.79 bits per heavy atom. The van der Waals surface area contributed by atoms with E-state index < -0.39 is 0 Å². The summed E-state index contributed by atoms with van der Waals surface area (Å²) in [5.41, 5.74) is 2.61. The average molecular weight is 281 g/mol. The van der Waals surface area contributed by atoms with Crippen LogP contribution in [0, 0.1) is 11.8 Å².